The quantitative estimate of drug-likeness (QED) is 0.726. The number of benzene rings is 1. The highest BCUT2D eigenvalue weighted by Gasteiger charge is 2.40. The molecule has 1 unspecified atom stereocenters. The van der Waals surface area contributed by atoms with Gasteiger partial charge >= 0.3 is 0 Å². The summed E-state index contributed by atoms with van der Waals surface area (Å²) in [5, 5.41) is 3.37. The molecule has 1 spiro atoms. The van der Waals surface area contributed by atoms with Crippen LogP contribution < -0.4 is 5.32 Å². The van der Waals surface area contributed by atoms with Gasteiger partial charge in [0.25, 0.3) is 0 Å². The molecule has 2 aliphatic rings. The number of fused-ring (bicyclic) bond motifs is 2. The van der Waals surface area contributed by atoms with Crippen molar-refractivity contribution in [1.82, 2.24) is 5.32 Å². The van der Waals surface area contributed by atoms with Crippen molar-refractivity contribution in [2.75, 3.05) is 13.1 Å². The normalized spacial score (nSPS) is 29.1. The fraction of sp³-hybridized carbons (Fsp3) is 0.538. The number of hydrogen-bond donors (Lipinski definition) is 1. The zero-order chi connectivity index (χ0) is 11.0. The van der Waals surface area contributed by atoms with E-state index in [-0.39, 0.29) is 11.4 Å². The molecule has 0 amide bonds. The molecule has 86 valence electrons. The lowest BCUT2D eigenvalue weighted by molar-refractivity contribution is -0.0471. The molecule has 0 bridgehead atoms. The van der Waals surface area contributed by atoms with Crippen molar-refractivity contribution in [3.8, 4) is 0 Å². The molecule has 2 aliphatic heterocycles. The summed E-state index contributed by atoms with van der Waals surface area (Å²) in [7, 11) is 0. The van der Waals surface area contributed by atoms with E-state index in [0.29, 0.717) is 6.61 Å². The summed E-state index contributed by atoms with van der Waals surface area (Å²) in [5.74, 6) is -0.119. The monoisotopic (exact) mass is 221 g/mol. The average molecular weight is 221 g/mol. The number of nitrogens with one attached hydrogen (secondary N) is 1. The lowest BCUT2D eigenvalue weighted by atomic mass is 9.86. The first-order chi connectivity index (χ1) is 7.82. The highest BCUT2D eigenvalue weighted by molar-refractivity contribution is 5.36. The first kappa shape index (κ1) is 10.2. The summed E-state index contributed by atoms with van der Waals surface area (Å²) in [4.78, 5) is 0. The lowest BCUT2D eigenvalue weighted by Crippen LogP contribution is -2.26. The maximum Gasteiger partial charge on any atom is 0.129 e. The molecule has 0 aliphatic carbocycles. The summed E-state index contributed by atoms with van der Waals surface area (Å²) in [6, 6.07) is 5.34. The van der Waals surface area contributed by atoms with E-state index in [0.717, 1.165) is 43.5 Å². The largest absolute Gasteiger partial charge is 0.365 e. The second-order valence-electron chi connectivity index (χ2n) is 4.65. The van der Waals surface area contributed by atoms with Gasteiger partial charge in [0.2, 0.25) is 0 Å². The van der Waals surface area contributed by atoms with Gasteiger partial charge in [-0.05, 0) is 44.0 Å². The van der Waals surface area contributed by atoms with Gasteiger partial charge in [0.15, 0.2) is 0 Å². The second kappa shape index (κ2) is 3.82. The van der Waals surface area contributed by atoms with Gasteiger partial charge in [0.05, 0.1) is 12.2 Å². The third-order valence-electron chi connectivity index (χ3n) is 3.74. The van der Waals surface area contributed by atoms with Gasteiger partial charge in [-0.3, -0.25) is 0 Å². The fourth-order valence-electron chi connectivity index (χ4n) is 2.87. The van der Waals surface area contributed by atoms with Crippen LogP contribution in [0.25, 0.3) is 0 Å². The van der Waals surface area contributed by atoms with Crippen molar-refractivity contribution >= 4 is 0 Å². The van der Waals surface area contributed by atoms with Gasteiger partial charge in [-0.1, -0.05) is 12.1 Å². The number of rotatable bonds is 0. The highest BCUT2D eigenvalue weighted by atomic mass is 19.1. The Morgan fingerprint density at radius 3 is 3.12 bits per heavy atom. The van der Waals surface area contributed by atoms with Crippen LogP contribution in [-0.2, 0) is 16.9 Å². The standard InChI is InChI=1S/C13H16FNO/c14-12-4-1-3-11-10(12)9-16-13(11)5-2-7-15-8-6-13/h1,3-4,15H,2,5-9H2. The van der Waals surface area contributed by atoms with E-state index in [1.807, 2.05) is 6.07 Å². The van der Waals surface area contributed by atoms with Gasteiger partial charge in [-0.25, -0.2) is 4.39 Å². The predicted molar refractivity (Wildman–Crippen MR) is 59.6 cm³/mol. The number of ether oxygens (including phenoxy) is 1. The molecule has 2 nitrogen and oxygen atoms in total. The predicted octanol–water partition coefficient (Wildman–Crippen LogP) is 2.32. The first-order valence-electron chi connectivity index (χ1n) is 5.94. The summed E-state index contributed by atoms with van der Waals surface area (Å²) in [6.45, 7) is 2.42. The molecular formula is C13H16FNO. The maximum atomic E-state index is 13.6. The molecule has 3 rings (SSSR count). The van der Waals surface area contributed by atoms with Crippen LogP contribution in [0.5, 0.6) is 0 Å². The van der Waals surface area contributed by atoms with Gasteiger partial charge in [0.1, 0.15) is 5.82 Å². The summed E-state index contributed by atoms with van der Waals surface area (Å²) >= 11 is 0. The molecule has 0 radical (unpaired) electrons. The Balaban J connectivity index is 2.03. The lowest BCUT2D eigenvalue weighted by Gasteiger charge is -2.27. The van der Waals surface area contributed by atoms with Gasteiger partial charge in [-0.2, -0.15) is 0 Å². The van der Waals surface area contributed by atoms with Gasteiger partial charge < -0.3 is 10.1 Å². The molecule has 1 aromatic rings. The highest BCUT2D eigenvalue weighted by Crippen LogP contribution is 2.43. The van der Waals surface area contributed by atoms with Crippen molar-refractivity contribution in [3.05, 3.63) is 35.1 Å². The van der Waals surface area contributed by atoms with Crippen LogP contribution >= 0.6 is 0 Å². The minimum atomic E-state index is -0.221. The topological polar surface area (TPSA) is 21.3 Å². The van der Waals surface area contributed by atoms with E-state index in [9.17, 15) is 4.39 Å². The Morgan fingerprint density at radius 1 is 1.25 bits per heavy atom. The van der Waals surface area contributed by atoms with E-state index in [2.05, 4.69) is 5.32 Å². The van der Waals surface area contributed by atoms with Crippen LogP contribution in [0.1, 0.15) is 30.4 Å². The third kappa shape index (κ3) is 1.46. The minimum absolute atomic E-state index is 0.119. The molecule has 0 aromatic heterocycles. The Bertz CT molecular complexity index is 397. The van der Waals surface area contributed by atoms with E-state index >= 15 is 0 Å². The zero-order valence-corrected chi connectivity index (χ0v) is 9.26. The van der Waals surface area contributed by atoms with Crippen molar-refractivity contribution in [1.29, 1.82) is 0 Å². The summed E-state index contributed by atoms with van der Waals surface area (Å²) < 4.78 is 19.6. The average Bonchev–Trinajstić information content (AvgIpc) is 2.49. The van der Waals surface area contributed by atoms with Crippen molar-refractivity contribution in [2.45, 2.75) is 31.5 Å². The Kier molecular flexibility index (Phi) is 2.45. The molecule has 1 atom stereocenters. The Hall–Kier alpha value is -0.930. The summed E-state index contributed by atoms with van der Waals surface area (Å²) in [6.07, 6.45) is 3.04. The van der Waals surface area contributed by atoms with E-state index < -0.39 is 0 Å². The van der Waals surface area contributed by atoms with Crippen LogP contribution in [0.4, 0.5) is 4.39 Å². The van der Waals surface area contributed by atoms with Crippen LogP contribution in [0.3, 0.4) is 0 Å². The molecule has 16 heavy (non-hydrogen) atoms. The van der Waals surface area contributed by atoms with E-state index in [1.54, 1.807) is 6.07 Å². The third-order valence-corrected chi connectivity index (χ3v) is 3.74. The molecule has 2 heterocycles. The van der Waals surface area contributed by atoms with Crippen molar-refractivity contribution in [2.24, 2.45) is 0 Å². The Morgan fingerprint density at radius 2 is 2.19 bits per heavy atom. The second-order valence-corrected chi connectivity index (χ2v) is 4.65. The molecular weight excluding hydrogens is 205 g/mol. The summed E-state index contributed by atoms with van der Waals surface area (Å²) in [5.41, 5.74) is 1.63. The molecule has 1 aromatic carbocycles. The minimum Gasteiger partial charge on any atom is -0.365 e. The molecule has 1 fully saturated rings. The SMILES string of the molecule is Fc1cccc2c1COC21CCCNCC1. The van der Waals surface area contributed by atoms with Crippen molar-refractivity contribution < 1.29 is 9.13 Å². The van der Waals surface area contributed by atoms with Crippen LogP contribution in [0, 0.1) is 5.82 Å². The Labute approximate surface area is 94.8 Å². The molecule has 1 N–H and O–H groups in total. The fourth-order valence-corrected chi connectivity index (χ4v) is 2.87. The van der Waals surface area contributed by atoms with Crippen molar-refractivity contribution in [3.63, 3.8) is 0 Å². The molecule has 0 saturated carbocycles. The number of hydrogen-bond acceptors (Lipinski definition) is 2. The van der Waals surface area contributed by atoms with Crippen LogP contribution in [0.15, 0.2) is 18.2 Å². The smallest absolute Gasteiger partial charge is 0.129 e. The molecule has 3 heteroatoms. The molecule has 1 saturated heterocycles. The van der Waals surface area contributed by atoms with Crippen LogP contribution in [0.2, 0.25) is 0 Å². The van der Waals surface area contributed by atoms with E-state index in [1.165, 1.54) is 6.07 Å². The maximum absolute atomic E-state index is 13.6. The van der Waals surface area contributed by atoms with Gasteiger partial charge in [-0.15, -0.1) is 0 Å². The van der Waals surface area contributed by atoms with Gasteiger partial charge in [0, 0.05) is 5.56 Å². The van der Waals surface area contributed by atoms with Crippen LogP contribution in [-0.4, -0.2) is 13.1 Å². The zero-order valence-electron chi connectivity index (χ0n) is 9.26. The number of halogens is 1. The first-order valence-corrected chi connectivity index (χ1v) is 5.94. The van der Waals surface area contributed by atoms with E-state index in [4.69, 9.17) is 4.74 Å².